The molecule has 1 heterocycles. The summed E-state index contributed by atoms with van der Waals surface area (Å²) in [5, 5.41) is 1.15. The molecule has 1 unspecified atom stereocenters. The lowest BCUT2D eigenvalue weighted by molar-refractivity contribution is 0.308. The van der Waals surface area contributed by atoms with Gasteiger partial charge in [0.1, 0.15) is 12.4 Å². The number of aromatic nitrogens is 2. The average molecular weight is 339 g/mol. The van der Waals surface area contributed by atoms with E-state index >= 15 is 0 Å². The molecule has 0 bridgehead atoms. The van der Waals surface area contributed by atoms with Crippen molar-refractivity contribution in [2.75, 3.05) is 12.4 Å². The second kappa shape index (κ2) is 9.80. The first-order valence-electron chi connectivity index (χ1n) is 7.73. The van der Waals surface area contributed by atoms with Gasteiger partial charge in [-0.25, -0.2) is 4.98 Å². The van der Waals surface area contributed by atoms with Crippen molar-refractivity contribution in [3.05, 3.63) is 48.0 Å². The number of benzene rings is 1. The number of ether oxygens (including phenoxy) is 1. The molecule has 0 amide bonds. The van der Waals surface area contributed by atoms with Gasteiger partial charge in [0.25, 0.3) is 0 Å². The van der Waals surface area contributed by atoms with Crippen molar-refractivity contribution < 1.29 is 4.74 Å². The lowest BCUT2D eigenvalue weighted by Crippen LogP contribution is -2.21. The zero-order chi connectivity index (χ0) is 15.6. The predicted octanol–water partition coefficient (Wildman–Crippen LogP) is 4.91. The normalized spacial score (nSPS) is 12.3. The number of nitrogens with zero attached hydrogens (tertiary/aromatic N) is 2. The minimum absolute atomic E-state index is 0.418. The summed E-state index contributed by atoms with van der Waals surface area (Å²) in [6, 6.07) is 7.54. The fraction of sp³-hybridized carbons (Fsp3) is 0.471. The molecule has 0 fully saturated rings. The van der Waals surface area contributed by atoms with Gasteiger partial charge in [-0.1, -0.05) is 31.4 Å². The summed E-state index contributed by atoms with van der Waals surface area (Å²) in [6.07, 6.45) is 9.50. The van der Waals surface area contributed by atoms with Gasteiger partial charge >= 0.3 is 0 Å². The Balaban J connectivity index is 1.84. The fourth-order valence-corrected chi connectivity index (χ4v) is 3.38. The van der Waals surface area contributed by atoms with Crippen molar-refractivity contribution in [1.82, 2.24) is 9.55 Å². The van der Waals surface area contributed by atoms with Crippen molar-refractivity contribution in [3.8, 4) is 5.75 Å². The maximum Gasteiger partial charge on any atom is 0.119 e. The summed E-state index contributed by atoms with van der Waals surface area (Å²) in [7, 11) is 0. The Kier molecular flexibility index (Phi) is 7.67. The molecule has 0 aliphatic heterocycles. The van der Waals surface area contributed by atoms with E-state index in [2.05, 4.69) is 16.5 Å². The predicted molar refractivity (Wildman–Crippen MR) is 94.9 cm³/mol. The number of unbranched alkanes of at least 4 members (excludes halogenated alkanes) is 2. The maximum absolute atomic E-state index is 5.92. The molecule has 0 aliphatic carbocycles. The lowest BCUT2D eigenvalue weighted by Gasteiger charge is -2.18. The minimum atomic E-state index is 0.418. The number of halogens is 1. The van der Waals surface area contributed by atoms with Crippen LogP contribution in [0, 0.1) is 0 Å². The van der Waals surface area contributed by atoms with Gasteiger partial charge in [0.15, 0.2) is 0 Å². The van der Waals surface area contributed by atoms with E-state index in [1.807, 2.05) is 54.7 Å². The third-order valence-electron chi connectivity index (χ3n) is 3.32. The summed E-state index contributed by atoms with van der Waals surface area (Å²) in [5.41, 5.74) is 0. The molecule has 2 aromatic rings. The fourth-order valence-electron chi connectivity index (χ4n) is 2.11. The Bertz CT molecular complexity index is 516. The molecule has 0 N–H and O–H groups in total. The van der Waals surface area contributed by atoms with Crippen molar-refractivity contribution in [1.29, 1.82) is 0 Å². The molecule has 120 valence electrons. The molecule has 0 radical (unpaired) electrons. The molecular formula is C17H23ClN2OS. The van der Waals surface area contributed by atoms with Crippen LogP contribution in [0.4, 0.5) is 0 Å². The first kappa shape index (κ1) is 17.2. The largest absolute Gasteiger partial charge is 0.492 e. The van der Waals surface area contributed by atoms with Crippen LogP contribution in [-0.2, 0) is 6.54 Å². The molecule has 22 heavy (non-hydrogen) atoms. The van der Waals surface area contributed by atoms with Crippen LogP contribution in [0.2, 0.25) is 5.02 Å². The van der Waals surface area contributed by atoms with E-state index in [9.17, 15) is 0 Å². The van der Waals surface area contributed by atoms with Crippen molar-refractivity contribution in [2.24, 2.45) is 0 Å². The first-order chi connectivity index (χ1) is 10.8. The molecule has 0 spiro atoms. The molecule has 0 aliphatic rings. The topological polar surface area (TPSA) is 27.1 Å². The van der Waals surface area contributed by atoms with Gasteiger partial charge in [0, 0.05) is 24.0 Å². The van der Waals surface area contributed by atoms with Crippen molar-refractivity contribution in [3.63, 3.8) is 0 Å². The number of hydrogen-bond donors (Lipinski definition) is 0. The van der Waals surface area contributed by atoms with Crippen LogP contribution in [-0.4, -0.2) is 27.2 Å². The number of rotatable bonds is 10. The van der Waals surface area contributed by atoms with Gasteiger partial charge in [0.05, 0.1) is 11.6 Å². The van der Waals surface area contributed by atoms with Crippen LogP contribution in [0.15, 0.2) is 43.0 Å². The zero-order valence-electron chi connectivity index (χ0n) is 13.0. The Hall–Kier alpha value is -1.13. The molecule has 1 atom stereocenters. The Labute approximate surface area is 142 Å². The van der Waals surface area contributed by atoms with Crippen LogP contribution < -0.4 is 4.74 Å². The standard InChI is InChI=1S/C17H23ClN2OS/c1-2-3-4-11-22-17(12-20-10-9-19-14-20)13-21-16-7-5-15(18)6-8-16/h5-10,14,17H,2-4,11-13H2,1H3. The van der Waals surface area contributed by atoms with Gasteiger partial charge in [-0.15, -0.1) is 0 Å². The SMILES string of the molecule is CCCCCSC(COc1ccc(Cl)cc1)Cn1ccnc1. The molecular weight excluding hydrogens is 316 g/mol. The van der Waals surface area contributed by atoms with E-state index in [1.165, 1.54) is 25.0 Å². The third-order valence-corrected chi connectivity index (χ3v) is 4.86. The first-order valence-corrected chi connectivity index (χ1v) is 9.16. The van der Waals surface area contributed by atoms with E-state index in [4.69, 9.17) is 16.3 Å². The van der Waals surface area contributed by atoms with Crippen LogP contribution in [0.1, 0.15) is 26.2 Å². The highest BCUT2D eigenvalue weighted by Crippen LogP contribution is 2.20. The average Bonchev–Trinajstić information content (AvgIpc) is 3.03. The summed E-state index contributed by atoms with van der Waals surface area (Å²) < 4.78 is 8.03. The van der Waals surface area contributed by atoms with Gasteiger partial charge in [0.2, 0.25) is 0 Å². The molecule has 3 nitrogen and oxygen atoms in total. The molecule has 1 aromatic carbocycles. The van der Waals surface area contributed by atoms with Crippen LogP contribution in [0.3, 0.4) is 0 Å². The monoisotopic (exact) mass is 338 g/mol. The number of hydrogen-bond acceptors (Lipinski definition) is 3. The second-order valence-electron chi connectivity index (χ2n) is 5.22. The maximum atomic E-state index is 5.92. The van der Waals surface area contributed by atoms with Gasteiger partial charge in [-0.3, -0.25) is 0 Å². The molecule has 0 saturated carbocycles. The van der Waals surface area contributed by atoms with Gasteiger partial charge in [-0.2, -0.15) is 11.8 Å². The van der Waals surface area contributed by atoms with Gasteiger partial charge in [-0.05, 0) is 36.4 Å². The van der Waals surface area contributed by atoms with Crippen LogP contribution in [0.25, 0.3) is 0 Å². The summed E-state index contributed by atoms with van der Waals surface area (Å²) in [4.78, 5) is 4.11. The highest BCUT2D eigenvalue weighted by molar-refractivity contribution is 7.99. The van der Waals surface area contributed by atoms with Crippen LogP contribution >= 0.6 is 23.4 Å². The molecule has 1 aromatic heterocycles. The Morgan fingerprint density at radius 3 is 2.77 bits per heavy atom. The van der Waals surface area contributed by atoms with Gasteiger partial charge < -0.3 is 9.30 Å². The highest BCUT2D eigenvalue weighted by Gasteiger charge is 2.11. The molecule has 5 heteroatoms. The third kappa shape index (κ3) is 6.32. The van der Waals surface area contributed by atoms with E-state index in [1.54, 1.807) is 0 Å². The Morgan fingerprint density at radius 2 is 2.09 bits per heavy atom. The molecule has 2 rings (SSSR count). The van der Waals surface area contributed by atoms with E-state index in [0.29, 0.717) is 11.9 Å². The summed E-state index contributed by atoms with van der Waals surface area (Å²) in [6.45, 7) is 3.85. The quantitative estimate of drug-likeness (QED) is 0.576. The summed E-state index contributed by atoms with van der Waals surface area (Å²) in [5.74, 6) is 2.05. The lowest BCUT2D eigenvalue weighted by atomic mass is 10.3. The number of imidazole rings is 1. The van der Waals surface area contributed by atoms with Crippen molar-refractivity contribution in [2.45, 2.75) is 38.0 Å². The van der Waals surface area contributed by atoms with E-state index < -0.39 is 0 Å². The van der Waals surface area contributed by atoms with E-state index in [-0.39, 0.29) is 0 Å². The summed E-state index contributed by atoms with van der Waals surface area (Å²) >= 11 is 7.88. The Morgan fingerprint density at radius 1 is 1.27 bits per heavy atom. The number of thioether (sulfide) groups is 1. The second-order valence-corrected chi connectivity index (χ2v) is 7.07. The van der Waals surface area contributed by atoms with E-state index in [0.717, 1.165) is 17.3 Å². The highest BCUT2D eigenvalue weighted by atomic mass is 35.5. The zero-order valence-corrected chi connectivity index (χ0v) is 14.5. The minimum Gasteiger partial charge on any atom is -0.492 e. The van der Waals surface area contributed by atoms with Crippen molar-refractivity contribution >= 4 is 23.4 Å². The smallest absolute Gasteiger partial charge is 0.119 e. The molecule has 0 saturated heterocycles. The van der Waals surface area contributed by atoms with Crippen LogP contribution in [0.5, 0.6) is 5.75 Å².